The number of aliphatic imine (C=N–C) groups is 1. The van der Waals surface area contributed by atoms with Crippen molar-refractivity contribution in [3.8, 4) is 0 Å². The minimum Gasteiger partial charge on any atom is -0.391 e. The number of amides is 10. The molecule has 0 heterocycles. The molecule has 0 bridgehead atoms. The first-order chi connectivity index (χ1) is 40.3. The molecule has 28 heteroatoms. The summed E-state index contributed by atoms with van der Waals surface area (Å²) in [5.74, 6) is -8.57. The normalized spacial score (nSPS) is 15.7. The molecule has 0 rings (SSSR count). The first-order valence-electron chi connectivity index (χ1n) is 31.0. The van der Waals surface area contributed by atoms with E-state index in [1.807, 2.05) is 55.4 Å². The summed E-state index contributed by atoms with van der Waals surface area (Å²) in [5.41, 5.74) is 40.2. The van der Waals surface area contributed by atoms with Gasteiger partial charge in [-0.1, -0.05) is 82.1 Å². The van der Waals surface area contributed by atoms with Gasteiger partial charge in [0.15, 0.2) is 5.96 Å². The van der Waals surface area contributed by atoms with Crippen molar-refractivity contribution in [3.63, 3.8) is 0 Å². The third-order valence-electron chi connectivity index (χ3n) is 14.3. The van der Waals surface area contributed by atoms with Crippen LogP contribution < -0.4 is 88.0 Å². The van der Waals surface area contributed by atoms with Gasteiger partial charge in [-0.15, -0.1) is 0 Å². The Morgan fingerprint density at radius 2 is 0.686 bits per heavy atom. The molecule has 0 saturated heterocycles. The van der Waals surface area contributed by atoms with Crippen molar-refractivity contribution >= 4 is 65.0 Å². The molecule has 10 amide bonds. The van der Waals surface area contributed by atoms with Crippen molar-refractivity contribution in [2.24, 2.45) is 74.7 Å². The highest BCUT2D eigenvalue weighted by Crippen LogP contribution is 2.16. The Kier molecular flexibility index (Phi) is 40.3. The topological polar surface area (TPSA) is 494 Å². The van der Waals surface area contributed by atoms with Crippen LogP contribution in [0.1, 0.15) is 179 Å². The number of hydrogen-bond donors (Lipinski definition) is 17. The molecule has 86 heavy (non-hydrogen) atoms. The van der Waals surface area contributed by atoms with E-state index in [2.05, 4.69) is 52.8 Å². The number of nitrogens with one attached hydrogen (secondary N) is 9. The number of primary amides is 1. The first kappa shape index (κ1) is 79.8. The van der Waals surface area contributed by atoms with Gasteiger partial charge in [-0.05, 0) is 146 Å². The van der Waals surface area contributed by atoms with E-state index in [9.17, 15) is 53.1 Å². The van der Waals surface area contributed by atoms with Gasteiger partial charge < -0.3 is 93.1 Å². The summed E-state index contributed by atoms with van der Waals surface area (Å²) in [6.45, 7) is 20.5. The number of guanidine groups is 1. The maximum atomic E-state index is 14.6. The van der Waals surface area contributed by atoms with Crippen LogP contribution in [-0.2, 0) is 47.9 Å². The predicted octanol–water partition coefficient (Wildman–Crippen LogP) is -1.79. The maximum absolute atomic E-state index is 14.6. The fourth-order valence-electron chi connectivity index (χ4n) is 9.27. The second kappa shape index (κ2) is 43.4. The number of carbonyl (C=O) groups is 10. The van der Waals surface area contributed by atoms with Crippen LogP contribution >= 0.6 is 0 Å². The molecule has 0 spiro atoms. The number of rotatable bonds is 46. The van der Waals surface area contributed by atoms with Gasteiger partial charge in [0.05, 0.1) is 12.1 Å². The van der Waals surface area contributed by atoms with Gasteiger partial charge in [0.2, 0.25) is 59.1 Å². The molecule has 0 aliphatic heterocycles. The standard InChI is InChI=1S/C58H113N17O11/c1-12-36(10)46(56(85)69-40(22-15-18-26-61)52(81)75-47(37(11)76)57(86)73-45(31-35(8)9)54(83)70-42(48(63)77)28-32(2)3)74-51(80)41(23-19-27-66-58(64)65)67-50(79)39(21-14-17-25-60)68-53(82)44(30-34(6)7)72-55(84)43(29-33(4)5)71-49(78)38(62)20-13-16-24-59/h32-47,76H,12-31,59-62H2,1-11H3,(H2,63,77)(H,67,79)(H,68,82)(H,69,85)(H,70,83)(H,71,78)(H,72,84)(H,73,86)(H,74,80)(H,75,81)(H4,64,65,66)/t36-,37+,38-,39-,40-,41-,42-,43-,44-,45-,46-,47-/m0/s1. The van der Waals surface area contributed by atoms with Crippen molar-refractivity contribution < 1.29 is 53.1 Å². The van der Waals surface area contributed by atoms with Crippen LogP contribution in [0.25, 0.3) is 0 Å². The van der Waals surface area contributed by atoms with Crippen molar-refractivity contribution in [2.75, 3.05) is 26.2 Å². The van der Waals surface area contributed by atoms with E-state index in [-0.39, 0.29) is 101 Å². The lowest BCUT2D eigenvalue weighted by atomic mass is 9.96. The molecule has 0 aromatic carbocycles. The highest BCUT2D eigenvalue weighted by atomic mass is 16.3. The van der Waals surface area contributed by atoms with E-state index in [1.54, 1.807) is 13.8 Å². The zero-order valence-corrected chi connectivity index (χ0v) is 53.4. The number of nitrogens with zero attached hydrogens (tertiary/aromatic N) is 1. The summed E-state index contributed by atoms with van der Waals surface area (Å²) in [6.07, 6.45) is 3.01. The Balaban J connectivity index is 7.06. The Morgan fingerprint density at radius 1 is 0.384 bits per heavy atom. The average molecular weight is 1220 g/mol. The number of aliphatic hydroxyl groups is 1. The zero-order chi connectivity index (χ0) is 65.8. The van der Waals surface area contributed by atoms with Crippen LogP contribution in [0.5, 0.6) is 0 Å². The van der Waals surface area contributed by atoms with E-state index in [0.29, 0.717) is 57.9 Å². The molecule has 496 valence electrons. The van der Waals surface area contributed by atoms with E-state index in [1.165, 1.54) is 6.92 Å². The Hall–Kier alpha value is -6.23. The van der Waals surface area contributed by atoms with E-state index < -0.39 is 132 Å². The van der Waals surface area contributed by atoms with Crippen molar-refractivity contribution in [2.45, 2.75) is 245 Å². The number of nitrogens with two attached hydrogens (primary N) is 7. The van der Waals surface area contributed by atoms with Crippen molar-refractivity contribution in [3.05, 3.63) is 0 Å². The summed E-state index contributed by atoms with van der Waals surface area (Å²) in [5, 5.41) is 35.2. The van der Waals surface area contributed by atoms with E-state index in [4.69, 9.17) is 40.1 Å². The highest BCUT2D eigenvalue weighted by Gasteiger charge is 2.38. The minimum absolute atomic E-state index is 0.00780. The molecular weight excluding hydrogens is 1110 g/mol. The van der Waals surface area contributed by atoms with E-state index in [0.717, 1.165) is 0 Å². The van der Waals surface area contributed by atoms with Gasteiger partial charge in [-0.2, -0.15) is 0 Å². The molecule has 0 saturated carbocycles. The summed E-state index contributed by atoms with van der Waals surface area (Å²) in [4.78, 5) is 143. The lowest BCUT2D eigenvalue weighted by Gasteiger charge is -2.30. The van der Waals surface area contributed by atoms with Gasteiger partial charge in [-0.3, -0.25) is 52.9 Å². The van der Waals surface area contributed by atoms with Crippen LogP contribution in [0.3, 0.4) is 0 Å². The quantitative estimate of drug-likeness (QED) is 0.0182. The van der Waals surface area contributed by atoms with Gasteiger partial charge in [0.1, 0.15) is 54.4 Å². The Bertz CT molecular complexity index is 2130. The number of aliphatic hydroxyl groups excluding tert-OH is 1. The lowest BCUT2D eigenvalue weighted by molar-refractivity contribution is -0.137. The molecule has 0 unspecified atom stereocenters. The van der Waals surface area contributed by atoms with Crippen LogP contribution in [0.4, 0.5) is 0 Å². The van der Waals surface area contributed by atoms with Crippen LogP contribution in [0.2, 0.25) is 0 Å². The molecular formula is C58H113N17O11. The molecule has 0 radical (unpaired) electrons. The van der Waals surface area contributed by atoms with Gasteiger partial charge in [-0.25, -0.2) is 0 Å². The smallest absolute Gasteiger partial charge is 0.245 e. The third-order valence-corrected chi connectivity index (χ3v) is 14.3. The molecule has 0 aromatic heterocycles. The molecule has 28 nitrogen and oxygen atoms in total. The highest BCUT2D eigenvalue weighted by molar-refractivity contribution is 5.99. The molecule has 0 aliphatic carbocycles. The fourth-order valence-corrected chi connectivity index (χ4v) is 9.27. The van der Waals surface area contributed by atoms with Crippen LogP contribution in [0, 0.1) is 29.6 Å². The van der Waals surface area contributed by atoms with Gasteiger partial charge in [0.25, 0.3) is 0 Å². The molecule has 0 aromatic rings. The second-order valence-electron chi connectivity index (χ2n) is 24.4. The second-order valence-corrected chi connectivity index (χ2v) is 24.4. The molecule has 0 fully saturated rings. The van der Waals surface area contributed by atoms with E-state index >= 15 is 0 Å². The average Bonchev–Trinajstić information content (AvgIpc) is 3.06. The predicted molar refractivity (Wildman–Crippen MR) is 332 cm³/mol. The summed E-state index contributed by atoms with van der Waals surface area (Å²) in [6, 6.07) is -12.2. The Labute approximate surface area is 510 Å². The van der Waals surface area contributed by atoms with Gasteiger partial charge in [0, 0.05) is 6.54 Å². The zero-order valence-electron chi connectivity index (χ0n) is 53.4. The Morgan fingerprint density at radius 3 is 1.06 bits per heavy atom. The van der Waals surface area contributed by atoms with Crippen molar-refractivity contribution in [1.29, 1.82) is 0 Å². The SMILES string of the molecule is CC[C@H](C)[C@H](NC(=O)[C@H](CCCN=C(N)N)NC(=O)[C@H](CCCCN)NC(=O)[C@H](CC(C)C)NC(=O)[C@H](CC(C)C)NC(=O)[C@@H](N)CCCCN)C(=O)N[C@@H](CCCCN)C(=O)N[C@H](C(=O)N[C@@H](CC(C)C)C(=O)N[C@@H](CC(C)C)C(N)=O)[C@@H](C)O. The first-order valence-corrected chi connectivity index (χ1v) is 31.0. The van der Waals surface area contributed by atoms with Crippen LogP contribution in [-0.4, -0.2) is 163 Å². The maximum Gasteiger partial charge on any atom is 0.245 e. The summed E-state index contributed by atoms with van der Waals surface area (Å²) < 4.78 is 0. The number of unbranched alkanes of at least 4 members (excludes halogenated alkanes) is 3. The third kappa shape index (κ3) is 33.0. The largest absolute Gasteiger partial charge is 0.391 e. The number of carbonyl (C=O) groups excluding carboxylic acids is 10. The summed E-state index contributed by atoms with van der Waals surface area (Å²) in [7, 11) is 0. The fraction of sp³-hybridized carbons (Fsp3) is 0.810. The van der Waals surface area contributed by atoms with Crippen molar-refractivity contribution in [1.82, 2.24) is 47.9 Å². The minimum atomic E-state index is -1.64. The van der Waals surface area contributed by atoms with Crippen LogP contribution in [0.15, 0.2) is 4.99 Å². The van der Waals surface area contributed by atoms with Gasteiger partial charge >= 0.3 is 0 Å². The summed E-state index contributed by atoms with van der Waals surface area (Å²) >= 11 is 0. The monoisotopic (exact) mass is 1220 g/mol. The molecule has 0 aliphatic rings. The lowest BCUT2D eigenvalue weighted by Crippen LogP contribution is -2.62. The number of hydrogen-bond acceptors (Lipinski definition) is 16. The molecule has 24 N–H and O–H groups in total. The molecule has 12 atom stereocenters.